The van der Waals surface area contributed by atoms with Gasteiger partial charge in [-0.15, -0.1) is 0 Å². The van der Waals surface area contributed by atoms with Crippen molar-refractivity contribution < 1.29 is 9.32 Å². The van der Waals surface area contributed by atoms with Gasteiger partial charge in [-0.25, -0.2) is 4.79 Å². The van der Waals surface area contributed by atoms with Gasteiger partial charge in [0.2, 0.25) is 0 Å². The highest BCUT2D eigenvalue weighted by atomic mass is 16.5. The second-order valence-electron chi connectivity index (χ2n) is 4.93. The maximum atomic E-state index is 11.8. The number of carbonyl (C=O) groups excluding carboxylic acids is 1. The molecule has 0 unspecified atom stereocenters. The van der Waals surface area contributed by atoms with Gasteiger partial charge in [0.15, 0.2) is 11.6 Å². The standard InChI is InChI=1S/C17H16N4O2/c22-17(19-11-8-13-6-9-18-10-7-13)20-16-12-15(23-21-16)14-4-2-1-3-5-14/h1-7,9-10,12H,8,11H2,(H2,19,20,21,22). The Bertz CT molecular complexity index is 757. The Labute approximate surface area is 133 Å². The van der Waals surface area contributed by atoms with Crippen LogP contribution in [-0.4, -0.2) is 22.7 Å². The number of nitrogens with one attached hydrogen (secondary N) is 2. The van der Waals surface area contributed by atoms with Crippen LogP contribution in [0.25, 0.3) is 11.3 Å². The summed E-state index contributed by atoms with van der Waals surface area (Å²) in [6.45, 7) is 0.527. The van der Waals surface area contributed by atoms with Crippen LogP contribution in [0.4, 0.5) is 10.6 Å². The fourth-order valence-electron chi connectivity index (χ4n) is 2.10. The highest BCUT2D eigenvalue weighted by Crippen LogP contribution is 2.21. The van der Waals surface area contributed by atoms with E-state index in [1.54, 1.807) is 18.5 Å². The molecule has 0 aliphatic rings. The summed E-state index contributed by atoms with van der Waals surface area (Å²) in [7, 11) is 0. The molecule has 0 atom stereocenters. The van der Waals surface area contributed by atoms with Crippen molar-refractivity contribution in [2.45, 2.75) is 6.42 Å². The van der Waals surface area contributed by atoms with E-state index < -0.39 is 0 Å². The van der Waals surface area contributed by atoms with Gasteiger partial charge in [0.25, 0.3) is 0 Å². The van der Waals surface area contributed by atoms with Crippen molar-refractivity contribution in [3.05, 3.63) is 66.5 Å². The molecule has 3 rings (SSSR count). The molecular weight excluding hydrogens is 292 g/mol. The minimum absolute atomic E-state index is 0.313. The van der Waals surface area contributed by atoms with Crippen molar-refractivity contribution in [2.24, 2.45) is 0 Å². The van der Waals surface area contributed by atoms with E-state index in [0.29, 0.717) is 18.1 Å². The molecule has 0 spiro atoms. The van der Waals surface area contributed by atoms with E-state index in [4.69, 9.17) is 4.52 Å². The van der Waals surface area contributed by atoms with E-state index in [-0.39, 0.29) is 6.03 Å². The largest absolute Gasteiger partial charge is 0.354 e. The van der Waals surface area contributed by atoms with Gasteiger partial charge in [-0.1, -0.05) is 35.5 Å². The SMILES string of the molecule is O=C(NCCc1ccncc1)Nc1cc(-c2ccccc2)on1. The number of rotatable bonds is 5. The number of benzene rings is 1. The summed E-state index contributed by atoms with van der Waals surface area (Å²) in [5.74, 6) is 0.989. The lowest BCUT2D eigenvalue weighted by atomic mass is 10.2. The molecule has 116 valence electrons. The summed E-state index contributed by atoms with van der Waals surface area (Å²) in [5.41, 5.74) is 2.03. The minimum atomic E-state index is -0.313. The van der Waals surface area contributed by atoms with Gasteiger partial charge in [0.05, 0.1) is 0 Å². The molecule has 23 heavy (non-hydrogen) atoms. The van der Waals surface area contributed by atoms with E-state index in [1.807, 2.05) is 42.5 Å². The van der Waals surface area contributed by atoms with E-state index in [0.717, 1.165) is 17.5 Å². The molecule has 0 fully saturated rings. The third-order valence-corrected chi connectivity index (χ3v) is 3.26. The van der Waals surface area contributed by atoms with Crippen LogP contribution in [0.1, 0.15) is 5.56 Å². The van der Waals surface area contributed by atoms with Crippen LogP contribution < -0.4 is 10.6 Å². The van der Waals surface area contributed by atoms with Crippen molar-refractivity contribution >= 4 is 11.8 Å². The number of carbonyl (C=O) groups is 1. The molecule has 2 N–H and O–H groups in total. The number of amides is 2. The van der Waals surface area contributed by atoms with E-state index in [1.165, 1.54) is 0 Å². The Hall–Kier alpha value is -3.15. The lowest BCUT2D eigenvalue weighted by Crippen LogP contribution is -2.30. The molecule has 2 heterocycles. The van der Waals surface area contributed by atoms with Crippen LogP contribution in [-0.2, 0) is 6.42 Å². The molecule has 1 aromatic carbocycles. The maximum absolute atomic E-state index is 11.8. The normalized spacial score (nSPS) is 10.3. The van der Waals surface area contributed by atoms with Crippen LogP contribution in [0.3, 0.4) is 0 Å². The Morgan fingerprint density at radius 3 is 2.65 bits per heavy atom. The molecule has 0 saturated heterocycles. The number of urea groups is 1. The van der Waals surface area contributed by atoms with Gasteiger partial charge < -0.3 is 9.84 Å². The van der Waals surface area contributed by atoms with Crippen LogP contribution in [0, 0.1) is 0 Å². The molecule has 0 aliphatic heterocycles. The Morgan fingerprint density at radius 2 is 1.87 bits per heavy atom. The van der Waals surface area contributed by atoms with Gasteiger partial charge >= 0.3 is 6.03 Å². The molecule has 2 aromatic heterocycles. The second kappa shape index (κ2) is 7.22. The first-order valence-corrected chi connectivity index (χ1v) is 7.27. The molecule has 3 aromatic rings. The van der Waals surface area contributed by atoms with E-state index in [2.05, 4.69) is 20.8 Å². The smallest absolute Gasteiger partial charge is 0.320 e. The molecule has 0 aliphatic carbocycles. The lowest BCUT2D eigenvalue weighted by molar-refractivity contribution is 0.252. The summed E-state index contributed by atoms with van der Waals surface area (Å²) in [6.07, 6.45) is 4.20. The summed E-state index contributed by atoms with van der Waals surface area (Å²) < 4.78 is 5.23. The number of pyridine rings is 1. The van der Waals surface area contributed by atoms with Gasteiger partial charge in [-0.2, -0.15) is 0 Å². The van der Waals surface area contributed by atoms with Gasteiger partial charge in [0, 0.05) is 30.6 Å². The minimum Gasteiger partial charge on any atom is -0.354 e. The average molecular weight is 308 g/mol. The first kappa shape index (κ1) is 14.8. The summed E-state index contributed by atoms with van der Waals surface area (Å²) in [6, 6.07) is 14.8. The third-order valence-electron chi connectivity index (χ3n) is 3.26. The Balaban J connectivity index is 1.49. The quantitative estimate of drug-likeness (QED) is 0.759. The van der Waals surface area contributed by atoms with Crippen LogP contribution in [0.5, 0.6) is 0 Å². The summed E-state index contributed by atoms with van der Waals surface area (Å²) in [5, 5.41) is 9.27. The topological polar surface area (TPSA) is 80.0 Å². The van der Waals surface area contributed by atoms with Crippen LogP contribution in [0.15, 0.2) is 65.4 Å². The van der Waals surface area contributed by atoms with E-state index in [9.17, 15) is 4.79 Å². The van der Waals surface area contributed by atoms with Gasteiger partial charge in [-0.05, 0) is 24.1 Å². The van der Waals surface area contributed by atoms with Crippen molar-refractivity contribution in [3.63, 3.8) is 0 Å². The average Bonchev–Trinajstić information content (AvgIpc) is 3.05. The number of hydrogen-bond donors (Lipinski definition) is 2. The summed E-state index contributed by atoms with van der Waals surface area (Å²) in [4.78, 5) is 15.8. The van der Waals surface area contributed by atoms with Crippen molar-refractivity contribution in [3.8, 4) is 11.3 Å². The lowest BCUT2D eigenvalue weighted by Gasteiger charge is -2.04. The number of anilines is 1. The molecule has 0 radical (unpaired) electrons. The highest BCUT2D eigenvalue weighted by molar-refractivity contribution is 5.88. The van der Waals surface area contributed by atoms with Gasteiger partial charge in [0.1, 0.15) is 0 Å². The third kappa shape index (κ3) is 4.16. The maximum Gasteiger partial charge on any atom is 0.320 e. The van der Waals surface area contributed by atoms with Gasteiger partial charge in [-0.3, -0.25) is 10.3 Å². The zero-order chi connectivity index (χ0) is 15.9. The zero-order valence-electron chi connectivity index (χ0n) is 12.4. The molecule has 0 saturated carbocycles. The Kier molecular flexibility index (Phi) is 4.63. The predicted octanol–water partition coefficient (Wildman–Crippen LogP) is 3.10. The molecule has 6 heteroatoms. The molecule has 0 bridgehead atoms. The summed E-state index contributed by atoms with van der Waals surface area (Å²) >= 11 is 0. The van der Waals surface area contributed by atoms with Crippen molar-refractivity contribution in [2.75, 3.05) is 11.9 Å². The number of hydrogen-bond acceptors (Lipinski definition) is 4. The highest BCUT2D eigenvalue weighted by Gasteiger charge is 2.08. The fraction of sp³-hybridized carbons (Fsp3) is 0.118. The van der Waals surface area contributed by atoms with Crippen molar-refractivity contribution in [1.29, 1.82) is 0 Å². The fourth-order valence-corrected chi connectivity index (χ4v) is 2.10. The number of nitrogens with zero attached hydrogens (tertiary/aromatic N) is 2. The van der Waals surface area contributed by atoms with Crippen LogP contribution in [0.2, 0.25) is 0 Å². The van der Waals surface area contributed by atoms with E-state index >= 15 is 0 Å². The first-order chi connectivity index (χ1) is 11.3. The number of aromatic nitrogens is 2. The Morgan fingerprint density at radius 1 is 1.09 bits per heavy atom. The molecule has 2 amide bonds. The monoisotopic (exact) mass is 308 g/mol. The van der Waals surface area contributed by atoms with Crippen molar-refractivity contribution in [1.82, 2.24) is 15.5 Å². The first-order valence-electron chi connectivity index (χ1n) is 7.27. The second-order valence-corrected chi connectivity index (χ2v) is 4.93. The zero-order valence-corrected chi connectivity index (χ0v) is 12.4. The molecule has 6 nitrogen and oxygen atoms in total. The van der Waals surface area contributed by atoms with Crippen LogP contribution >= 0.6 is 0 Å². The predicted molar refractivity (Wildman–Crippen MR) is 86.9 cm³/mol. The molecular formula is C17H16N4O2.